The predicted octanol–water partition coefficient (Wildman–Crippen LogP) is 4.25. The lowest BCUT2D eigenvalue weighted by Crippen LogP contribution is -2.27. The molecule has 4 aromatic rings. The number of methoxy groups -OCH3 is 1. The van der Waals surface area contributed by atoms with Gasteiger partial charge in [0.25, 0.3) is 0 Å². The minimum atomic E-state index is 0.496. The number of benzene rings is 3. The average Bonchev–Trinajstić information content (AvgIpc) is 3.04. The predicted molar refractivity (Wildman–Crippen MR) is 114 cm³/mol. The molecule has 0 amide bonds. The molecule has 5 heteroatoms. The quantitative estimate of drug-likeness (QED) is 0.491. The van der Waals surface area contributed by atoms with Gasteiger partial charge in [-0.1, -0.05) is 42.5 Å². The zero-order chi connectivity index (χ0) is 20.1. The number of aryl methyl sites for hydroxylation is 2. The van der Waals surface area contributed by atoms with Crippen LogP contribution in [0.5, 0.6) is 11.5 Å². The highest BCUT2D eigenvalue weighted by atomic mass is 16.5. The third kappa shape index (κ3) is 4.19. The molecule has 3 aromatic carbocycles. The molecule has 0 atom stereocenters. The highest BCUT2D eigenvalue weighted by Gasteiger charge is 2.10. The molecule has 0 radical (unpaired) electrons. The van der Waals surface area contributed by atoms with Crippen LogP contribution in [0.2, 0.25) is 0 Å². The number of nitrogens with zero attached hydrogens (tertiary/aromatic N) is 2. The Labute approximate surface area is 170 Å². The lowest BCUT2D eigenvalue weighted by molar-refractivity contribution is 0.296. The van der Waals surface area contributed by atoms with E-state index in [-0.39, 0.29) is 0 Å². The number of para-hydroxylation sites is 2. The van der Waals surface area contributed by atoms with E-state index in [1.54, 1.807) is 7.11 Å². The Morgan fingerprint density at radius 3 is 1.97 bits per heavy atom. The molecule has 29 heavy (non-hydrogen) atoms. The van der Waals surface area contributed by atoms with Gasteiger partial charge in [-0.3, -0.25) is 5.41 Å². The molecule has 1 aromatic heterocycles. The van der Waals surface area contributed by atoms with E-state index in [4.69, 9.17) is 14.9 Å². The van der Waals surface area contributed by atoms with Crippen LogP contribution in [0.15, 0.2) is 78.9 Å². The summed E-state index contributed by atoms with van der Waals surface area (Å²) in [6.45, 7) is 1.88. The Morgan fingerprint density at radius 2 is 1.31 bits per heavy atom. The number of ether oxygens (including phenoxy) is 2. The standard InChI is InChI=1S/C24H25N3O2/c1-28-20-11-13-21(14-12-20)29-18-17-27-23-10-6-5-9-22(23)26(24(27)25)16-15-19-7-3-2-4-8-19/h2-14,25H,15-18H2,1H3. The third-order valence-corrected chi connectivity index (χ3v) is 5.08. The Balaban J connectivity index is 1.51. The van der Waals surface area contributed by atoms with E-state index in [9.17, 15) is 0 Å². The van der Waals surface area contributed by atoms with Crippen molar-refractivity contribution in [3.8, 4) is 11.5 Å². The molecule has 0 bridgehead atoms. The Kier molecular flexibility index (Phi) is 5.66. The van der Waals surface area contributed by atoms with Crippen molar-refractivity contribution in [2.24, 2.45) is 0 Å². The van der Waals surface area contributed by atoms with Gasteiger partial charge in [-0.2, -0.15) is 0 Å². The first-order chi connectivity index (χ1) is 14.3. The van der Waals surface area contributed by atoms with Gasteiger partial charge in [0.05, 0.1) is 24.7 Å². The smallest absolute Gasteiger partial charge is 0.203 e. The van der Waals surface area contributed by atoms with Crippen LogP contribution in [-0.2, 0) is 19.5 Å². The van der Waals surface area contributed by atoms with E-state index in [1.165, 1.54) is 5.56 Å². The number of hydrogen-bond donors (Lipinski definition) is 1. The van der Waals surface area contributed by atoms with Crippen molar-refractivity contribution < 1.29 is 9.47 Å². The third-order valence-electron chi connectivity index (χ3n) is 5.08. The number of imidazole rings is 1. The zero-order valence-electron chi connectivity index (χ0n) is 16.5. The van der Waals surface area contributed by atoms with E-state index in [2.05, 4.69) is 41.0 Å². The van der Waals surface area contributed by atoms with Gasteiger partial charge in [0, 0.05) is 6.54 Å². The minimum absolute atomic E-state index is 0.496. The van der Waals surface area contributed by atoms with E-state index in [0.29, 0.717) is 18.8 Å². The number of fused-ring (bicyclic) bond motifs is 1. The molecule has 0 aliphatic carbocycles. The van der Waals surface area contributed by atoms with Crippen molar-refractivity contribution in [1.82, 2.24) is 9.13 Å². The van der Waals surface area contributed by atoms with E-state index in [1.807, 2.05) is 47.0 Å². The van der Waals surface area contributed by atoms with Crippen molar-refractivity contribution in [3.05, 3.63) is 90.0 Å². The van der Waals surface area contributed by atoms with Gasteiger partial charge >= 0.3 is 0 Å². The van der Waals surface area contributed by atoms with Crippen molar-refractivity contribution in [1.29, 1.82) is 5.41 Å². The van der Waals surface area contributed by atoms with Gasteiger partial charge in [-0.05, 0) is 48.4 Å². The monoisotopic (exact) mass is 387 g/mol. The summed E-state index contributed by atoms with van der Waals surface area (Å²) in [7, 11) is 1.65. The number of nitrogens with one attached hydrogen (secondary N) is 1. The van der Waals surface area contributed by atoms with Crippen molar-refractivity contribution >= 4 is 11.0 Å². The number of aromatic nitrogens is 2. The molecule has 1 heterocycles. The summed E-state index contributed by atoms with van der Waals surface area (Å²) in [6, 6.07) is 26.2. The summed E-state index contributed by atoms with van der Waals surface area (Å²) >= 11 is 0. The van der Waals surface area contributed by atoms with Crippen molar-refractivity contribution in [3.63, 3.8) is 0 Å². The summed E-state index contributed by atoms with van der Waals surface area (Å²) in [5.41, 5.74) is 3.92. The van der Waals surface area contributed by atoms with Gasteiger partial charge in [0.1, 0.15) is 18.1 Å². The first-order valence-electron chi connectivity index (χ1n) is 9.80. The normalized spacial score (nSPS) is 10.9. The summed E-state index contributed by atoms with van der Waals surface area (Å²) in [5, 5.41) is 8.73. The fraction of sp³-hybridized carbons (Fsp3) is 0.208. The van der Waals surface area contributed by atoms with Crippen LogP contribution in [-0.4, -0.2) is 22.9 Å². The van der Waals surface area contributed by atoms with E-state index >= 15 is 0 Å². The topological polar surface area (TPSA) is 52.2 Å². The number of hydrogen-bond acceptors (Lipinski definition) is 3. The van der Waals surface area contributed by atoms with Gasteiger partial charge < -0.3 is 18.6 Å². The van der Waals surface area contributed by atoms with Crippen molar-refractivity contribution in [2.45, 2.75) is 19.5 Å². The second-order valence-electron chi connectivity index (χ2n) is 6.88. The van der Waals surface area contributed by atoms with Crippen molar-refractivity contribution in [2.75, 3.05) is 13.7 Å². The molecule has 0 spiro atoms. The van der Waals surface area contributed by atoms with E-state index < -0.39 is 0 Å². The van der Waals surface area contributed by atoms with Crippen LogP contribution in [0.25, 0.3) is 11.0 Å². The molecule has 148 valence electrons. The molecule has 0 unspecified atom stereocenters. The maximum absolute atomic E-state index is 8.73. The van der Waals surface area contributed by atoms with Crippen LogP contribution in [0.3, 0.4) is 0 Å². The minimum Gasteiger partial charge on any atom is -0.497 e. The van der Waals surface area contributed by atoms with Gasteiger partial charge in [0.15, 0.2) is 0 Å². The fourth-order valence-electron chi connectivity index (χ4n) is 3.56. The van der Waals surface area contributed by atoms with Crippen LogP contribution < -0.4 is 15.1 Å². The van der Waals surface area contributed by atoms with Gasteiger partial charge in [0.2, 0.25) is 5.62 Å². The van der Waals surface area contributed by atoms with Crippen LogP contribution in [0, 0.1) is 5.41 Å². The lowest BCUT2D eigenvalue weighted by atomic mass is 10.1. The van der Waals surface area contributed by atoms with Crippen LogP contribution in [0.4, 0.5) is 0 Å². The zero-order valence-corrected chi connectivity index (χ0v) is 16.5. The Hall–Kier alpha value is -3.47. The molecule has 0 aliphatic rings. The highest BCUT2D eigenvalue weighted by molar-refractivity contribution is 5.75. The second kappa shape index (κ2) is 8.69. The first kappa shape index (κ1) is 18.9. The first-order valence-corrected chi connectivity index (χ1v) is 9.80. The summed E-state index contributed by atoms with van der Waals surface area (Å²) in [5.74, 6) is 1.60. The van der Waals surface area contributed by atoms with Crippen LogP contribution in [0.1, 0.15) is 5.56 Å². The molecule has 0 fully saturated rings. The maximum atomic E-state index is 8.73. The highest BCUT2D eigenvalue weighted by Crippen LogP contribution is 2.18. The molecule has 0 saturated carbocycles. The van der Waals surface area contributed by atoms with Gasteiger partial charge in [-0.25, -0.2) is 0 Å². The van der Waals surface area contributed by atoms with E-state index in [0.717, 1.165) is 35.5 Å². The summed E-state index contributed by atoms with van der Waals surface area (Å²) in [6.07, 6.45) is 0.897. The number of rotatable bonds is 8. The largest absolute Gasteiger partial charge is 0.497 e. The molecular weight excluding hydrogens is 362 g/mol. The molecule has 0 aliphatic heterocycles. The Morgan fingerprint density at radius 1 is 0.724 bits per heavy atom. The fourth-order valence-corrected chi connectivity index (χ4v) is 3.56. The van der Waals surface area contributed by atoms with Gasteiger partial charge in [-0.15, -0.1) is 0 Å². The molecule has 1 N–H and O–H groups in total. The molecule has 5 nitrogen and oxygen atoms in total. The molecule has 4 rings (SSSR count). The average molecular weight is 387 g/mol. The summed E-state index contributed by atoms with van der Waals surface area (Å²) in [4.78, 5) is 0. The lowest BCUT2D eigenvalue weighted by Gasteiger charge is -2.08. The maximum Gasteiger partial charge on any atom is 0.203 e. The molecular formula is C24H25N3O2. The second-order valence-corrected chi connectivity index (χ2v) is 6.88. The summed E-state index contributed by atoms with van der Waals surface area (Å²) < 4.78 is 15.2. The molecule has 0 saturated heterocycles. The Bertz CT molecular complexity index is 1130. The SMILES string of the molecule is COc1ccc(OCCn2c(=N)n(CCc3ccccc3)c3ccccc32)cc1. The van der Waals surface area contributed by atoms with Crippen LogP contribution >= 0.6 is 0 Å².